The van der Waals surface area contributed by atoms with Crippen molar-refractivity contribution in [1.82, 2.24) is 6.15 Å². The van der Waals surface area contributed by atoms with Crippen molar-refractivity contribution < 1.29 is 27.0 Å². The van der Waals surface area contributed by atoms with Gasteiger partial charge in [-0.25, -0.2) is 5.26 Å². The zero-order valence-electron chi connectivity index (χ0n) is 6.03. The molecule has 79 valence electrons. The maximum absolute atomic E-state index is 8.25. The summed E-state index contributed by atoms with van der Waals surface area (Å²) in [6.07, 6.45) is 0. The summed E-state index contributed by atoms with van der Waals surface area (Å²) in [5.41, 5.74) is 0. The zero-order chi connectivity index (χ0) is 9.86. The summed E-state index contributed by atoms with van der Waals surface area (Å²) in [4.78, 5) is 16.5. The van der Waals surface area contributed by atoms with Crippen molar-refractivity contribution in [3.05, 3.63) is 30.6 Å². The van der Waals surface area contributed by atoms with Gasteiger partial charge in [-0.05, 0) is 0 Å². The van der Waals surface area contributed by atoms with Crippen LogP contribution in [0.15, 0.2) is 0 Å². The van der Waals surface area contributed by atoms with Crippen LogP contribution in [0.1, 0.15) is 0 Å². The molecule has 13 heavy (non-hydrogen) atoms. The minimum Gasteiger partial charge on any atom is -0.696 e. The first-order valence-electron chi connectivity index (χ1n) is 1.52. The van der Waals surface area contributed by atoms with Gasteiger partial charge >= 0.3 is 16.8 Å². The maximum Gasteiger partial charge on any atom is 2.00 e. The van der Waals surface area contributed by atoms with E-state index < -0.39 is 10.2 Å². The predicted molar refractivity (Wildman–Crippen MR) is 39.7 cm³/mol. The first kappa shape index (κ1) is 29.9. The normalized spacial score (nSPS) is 4.23. The number of nitrogens with zero attached hydrogens (tertiary/aromatic N) is 3. The van der Waals surface area contributed by atoms with Gasteiger partial charge in [0.15, 0.2) is 0 Å². The van der Waals surface area contributed by atoms with E-state index in [-0.39, 0.29) is 22.9 Å². The Morgan fingerprint density at radius 1 is 1.08 bits per heavy atom. The molecule has 0 aliphatic rings. The van der Waals surface area contributed by atoms with Gasteiger partial charge in [-0.3, -0.25) is 0 Å². The van der Waals surface area contributed by atoms with Crippen LogP contribution in [-0.4, -0.2) is 10.2 Å². The Labute approximate surface area is 87.6 Å². The topological polar surface area (TPSA) is 193 Å². The third-order valence-corrected chi connectivity index (χ3v) is 0. The van der Waals surface area contributed by atoms with E-state index in [0.29, 0.717) is 0 Å². The smallest absolute Gasteiger partial charge is 0.696 e. The molecular formula is CH4CoN4O6S. The summed E-state index contributed by atoms with van der Waals surface area (Å²) in [5.74, 6) is 0. The first-order chi connectivity index (χ1) is 4.88. The van der Waals surface area contributed by atoms with E-state index in [0.717, 1.165) is 0 Å². The molecule has 0 atom stereocenters. The van der Waals surface area contributed by atoms with E-state index in [9.17, 15) is 0 Å². The third-order valence-electron chi connectivity index (χ3n) is 0. The summed E-state index contributed by atoms with van der Waals surface area (Å²) < 4.78 is 0. The molecule has 0 saturated heterocycles. The van der Waals surface area contributed by atoms with Crippen LogP contribution in [0.25, 0.3) is 0 Å². The van der Waals surface area contributed by atoms with E-state index in [4.69, 9.17) is 35.9 Å². The molecule has 0 saturated carbocycles. The quantitative estimate of drug-likeness (QED) is 0.269. The van der Waals surface area contributed by atoms with Crippen molar-refractivity contribution in [3.8, 4) is 5.40 Å². The number of quaternary nitrogens is 1. The van der Waals surface area contributed by atoms with E-state index in [1.54, 1.807) is 0 Å². The molecule has 0 fully saturated rings. The van der Waals surface area contributed by atoms with Crippen LogP contribution < -0.4 is 6.15 Å². The molecule has 0 rings (SSSR count). The number of rotatable bonds is 0. The summed E-state index contributed by atoms with van der Waals surface area (Å²) in [7, 11) is 0. The molecule has 0 unspecified atom stereocenters. The monoisotopic (exact) mass is 259 g/mol. The average Bonchev–Trinajstić information content (AvgIpc) is 1.60. The molecule has 0 aliphatic heterocycles. The van der Waals surface area contributed by atoms with Gasteiger partial charge in [-0.15, -0.1) is 0 Å². The minimum atomic E-state index is -1.75. The van der Waals surface area contributed by atoms with Gasteiger partial charge in [-0.1, -0.05) is 5.40 Å². The number of nitriles is 1. The fourth-order valence-corrected chi connectivity index (χ4v) is 0. The van der Waals surface area contributed by atoms with Crippen molar-refractivity contribution in [2.45, 2.75) is 0 Å². The van der Waals surface area contributed by atoms with Crippen LogP contribution in [0.4, 0.5) is 0 Å². The van der Waals surface area contributed by atoms with Crippen LogP contribution in [0.5, 0.6) is 0 Å². The van der Waals surface area contributed by atoms with E-state index in [1.165, 1.54) is 5.40 Å². The Morgan fingerprint density at radius 3 is 1.08 bits per heavy atom. The second-order valence-electron chi connectivity index (χ2n) is 0.539. The first-order valence-corrected chi connectivity index (χ1v) is 1.93. The van der Waals surface area contributed by atoms with Crippen LogP contribution in [0.3, 0.4) is 0 Å². The predicted octanol–water partition coefficient (Wildman–Crippen LogP) is -0.0901. The Morgan fingerprint density at radius 2 is 1.08 bits per heavy atom. The summed E-state index contributed by atoms with van der Waals surface area (Å²) in [6, 6.07) is 0. The molecule has 0 aliphatic carbocycles. The number of hydrogen-bond acceptors (Lipinski definition) is 8. The van der Waals surface area contributed by atoms with Crippen LogP contribution in [0, 0.1) is 41.3 Å². The van der Waals surface area contributed by atoms with E-state index in [2.05, 4.69) is 12.6 Å². The molecule has 0 heterocycles. The van der Waals surface area contributed by atoms with Crippen molar-refractivity contribution >= 4 is 12.6 Å². The summed E-state index contributed by atoms with van der Waals surface area (Å²) in [6.45, 7) is 0. The molecule has 0 spiro atoms. The summed E-state index contributed by atoms with van der Waals surface area (Å²) in [5, 5.41) is 38.0. The zero-order valence-corrected chi connectivity index (χ0v) is 7.89. The SMILES string of the molecule is N#C[S-].O=[N+]([O-])[O-].O=[N+]([O-])[O-].[Co+2].[NH4+]. The maximum atomic E-state index is 8.25. The second-order valence-corrected chi connectivity index (χ2v) is 0.721. The molecule has 0 aromatic heterocycles. The molecule has 0 aromatic carbocycles. The fourth-order valence-electron chi connectivity index (χ4n) is 0. The van der Waals surface area contributed by atoms with Gasteiger partial charge in [0.25, 0.3) is 0 Å². The average molecular weight is 259 g/mol. The van der Waals surface area contributed by atoms with Crippen molar-refractivity contribution in [3.63, 3.8) is 0 Å². The second kappa shape index (κ2) is 31.2. The van der Waals surface area contributed by atoms with Gasteiger partial charge in [0.05, 0.1) is 10.2 Å². The minimum absolute atomic E-state index is 0. The van der Waals surface area contributed by atoms with Crippen LogP contribution >= 0.6 is 0 Å². The summed E-state index contributed by atoms with van der Waals surface area (Å²) >= 11 is 3.70. The Hall–Kier alpha value is -1.42. The Bertz CT molecular complexity index is 137. The largest absolute Gasteiger partial charge is 2.00 e. The molecule has 0 bridgehead atoms. The molecule has 10 nitrogen and oxygen atoms in total. The van der Waals surface area contributed by atoms with Gasteiger partial charge in [0.2, 0.25) is 0 Å². The molecule has 12 heteroatoms. The molecule has 4 N–H and O–H groups in total. The van der Waals surface area contributed by atoms with E-state index in [1.807, 2.05) is 0 Å². The van der Waals surface area contributed by atoms with Gasteiger partial charge < -0.3 is 49.4 Å². The fraction of sp³-hybridized carbons (Fsp3) is 0. The van der Waals surface area contributed by atoms with E-state index >= 15 is 0 Å². The van der Waals surface area contributed by atoms with Gasteiger partial charge in [-0.2, -0.15) is 0 Å². The number of hydrogen-bond donors (Lipinski definition) is 1. The molecule has 0 amide bonds. The van der Waals surface area contributed by atoms with Crippen molar-refractivity contribution in [2.24, 2.45) is 0 Å². The van der Waals surface area contributed by atoms with Gasteiger partial charge in [0.1, 0.15) is 0 Å². The Kier molecular flexibility index (Phi) is 71.8. The van der Waals surface area contributed by atoms with Crippen LogP contribution in [-0.2, 0) is 29.4 Å². The van der Waals surface area contributed by atoms with Crippen LogP contribution in [0.2, 0.25) is 0 Å². The van der Waals surface area contributed by atoms with Crippen molar-refractivity contribution in [2.75, 3.05) is 0 Å². The number of thiocyanates is 1. The standard InChI is InChI=1S/CHNS.Co.2NO3.H3N/c2-1-3;;2*2-1(3)4;/h3H;;;;1H3/q;+2;2*-1;. The Balaban J connectivity index is -0.0000000231. The van der Waals surface area contributed by atoms with Gasteiger partial charge in [0, 0.05) is 0 Å². The molecule has 0 aromatic rings. The van der Waals surface area contributed by atoms with Crippen molar-refractivity contribution in [1.29, 1.82) is 5.26 Å². The third kappa shape index (κ3) is 384. The molecule has 1 radical (unpaired) electrons. The molecular weight excluding hydrogens is 255 g/mol.